The van der Waals surface area contributed by atoms with E-state index in [4.69, 9.17) is 16.3 Å². The molecule has 10 heteroatoms. The maximum absolute atomic E-state index is 12.2. The molecule has 0 aromatic heterocycles. The van der Waals surface area contributed by atoms with E-state index in [0.717, 1.165) is 0 Å². The van der Waals surface area contributed by atoms with Crippen LogP contribution in [0.4, 0.5) is 4.79 Å². The molecule has 0 radical (unpaired) electrons. The average Bonchev–Trinajstić information content (AvgIpc) is 2.53. The highest BCUT2D eigenvalue weighted by Gasteiger charge is 2.23. The monoisotopic (exact) mass is 390 g/mol. The van der Waals surface area contributed by atoms with Crippen LogP contribution in [0.25, 0.3) is 0 Å². The number of sulfone groups is 1. The summed E-state index contributed by atoms with van der Waals surface area (Å²) in [5, 5.41) is 4.40. The van der Waals surface area contributed by atoms with Crippen LogP contribution < -0.4 is 10.6 Å². The van der Waals surface area contributed by atoms with Gasteiger partial charge in [0.2, 0.25) is 0 Å². The average molecular weight is 391 g/mol. The van der Waals surface area contributed by atoms with Gasteiger partial charge in [-0.05, 0) is 26.0 Å². The fourth-order valence-corrected chi connectivity index (χ4v) is 3.55. The maximum atomic E-state index is 12.2. The second-order valence-corrected chi connectivity index (χ2v) is 7.46. The highest BCUT2D eigenvalue weighted by molar-refractivity contribution is 7.91. The summed E-state index contributed by atoms with van der Waals surface area (Å²) >= 11 is 5.84. The van der Waals surface area contributed by atoms with Gasteiger partial charge in [-0.1, -0.05) is 23.7 Å². The summed E-state index contributed by atoms with van der Waals surface area (Å²) in [5.41, 5.74) is 0. The number of benzene rings is 1. The quantitative estimate of drug-likeness (QED) is 0.677. The minimum Gasteiger partial charge on any atom is -0.453 e. The van der Waals surface area contributed by atoms with Gasteiger partial charge in [-0.2, -0.15) is 0 Å². The number of carbonyl (C=O) groups is 3. The van der Waals surface area contributed by atoms with E-state index in [1.54, 1.807) is 13.0 Å². The topological polar surface area (TPSA) is 119 Å². The molecular formula is C15H19ClN2O6S. The van der Waals surface area contributed by atoms with Crippen molar-refractivity contribution in [1.82, 2.24) is 10.6 Å². The van der Waals surface area contributed by atoms with Crippen molar-refractivity contribution in [2.75, 3.05) is 12.3 Å². The van der Waals surface area contributed by atoms with Crippen LogP contribution in [0.3, 0.4) is 0 Å². The molecule has 1 atom stereocenters. The van der Waals surface area contributed by atoms with Gasteiger partial charge < -0.3 is 10.1 Å². The number of halogens is 1. The van der Waals surface area contributed by atoms with E-state index in [2.05, 4.69) is 5.32 Å². The fourth-order valence-electron chi connectivity index (χ4n) is 1.75. The van der Waals surface area contributed by atoms with E-state index in [1.165, 1.54) is 25.1 Å². The molecule has 1 rings (SSSR count). The molecular weight excluding hydrogens is 372 g/mol. The van der Waals surface area contributed by atoms with Crippen molar-refractivity contribution in [2.45, 2.75) is 31.3 Å². The highest BCUT2D eigenvalue weighted by Crippen LogP contribution is 2.22. The Morgan fingerprint density at radius 1 is 1.24 bits per heavy atom. The number of hydrogen-bond donors (Lipinski definition) is 2. The first kappa shape index (κ1) is 20.9. The van der Waals surface area contributed by atoms with E-state index in [0.29, 0.717) is 6.54 Å². The normalized spacial score (nSPS) is 12.1. The first-order valence-corrected chi connectivity index (χ1v) is 9.46. The summed E-state index contributed by atoms with van der Waals surface area (Å²) in [7, 11) is -3.77. The Balaban J connectivity index is 2.55. The van der Waals surface area contributed by atoms with Gasteiger partial charge in [0.1, 0.15) is 0 Å². The molecule has 0 saturated heterocycles. The largest absolute Gasteiger partial charge is 0.453 e. The predicted octanol–water partition coefficient (Wildman–Crippen LogP) is 1.28. The van der Waals surface area contributed by atoms with Crippen molar-refractivity contribution < 1.29 is 27.5 Å². The molecule has 0 aliphatic carbocycles. The van der Waals surface area contributed by atoms with Gasteiger partial charge in [0, 0.05) is 6.54 Å². The molecule has 138 valence electrons. The minimum absolute atomic E-state index is 0.0607. The molecule has 1 unspecified atom stereocenters. The van der Waals surface area contributed by atoms with Crippen molar-refractivity contribution in [3.05, 3.63) is 29.3 Å². The fraction of sp³-hybridized carbons (Fsp3) is 0.400. The first-order chi connectivity index (χ1) is 11.7. The van der Waals surface area contributed by atoms with Crippen molar-refractivity contribution >= 4 is 39.3 Å². The number of amides is 3. The summed E-state index contributed by atoms with van der Waals surface area (Å²) in [6.45, 7) is 3.27. The summed E-state index contributed by atoms with van der Waals surface area (Å²) in [4.78, 5) is 34.5. The van der Waals surface area contributed by atoms with Crippen LogP contribution >= 0.6 is 11.6 Å². The number of rotatable bonds is 7. The van der Waals surface area contributed by atoms with Gasteiger partial charge in [-0.15, -0.1) is 0 Å². The Morgan fingerprint density at radius 2 is 1.88 bits per heavy atom. The smallest absolute Gasteiger partial charge is 0.321 e. The third-order valence-electron chi connectivity index (χ3n) is 3.00. The molecule has 3 amide bonds. The molecule has 0 aliphatic rings. The van der Waals surface area contributed by atoms with E-state index in [9.17, 15) is 22.8 Å². The number of nitrogens with one attached hydrogen (secondary N) is 2. The van der Waals surface area contributed by atoms with E-state index in [1.807, 2.05) is 5.32 Å². The SMILES string of the molecule is CCNC(=O)NC(=O)C(C)OC(=O)CCS(=O)(=O)c1ccccc1Cl. The molecule has 2 N–H and O–H groups in total. The van der Waals surface area contributed by atoms with Crippen molar-refractivity contribution in [1.29, 1.82) is 0 Å². The van der Waals surface area contributed by atoms with Crippen LogP contribution in [-0.2, 0) is 24.2 Å². The number of hydrogen-bond acceptors (Lipinski definition) is 6. The first-order valence-electron chi connectivity index (χ1n) is 7.42. The Bertz CT molecular complexity index is 750. The summed E-state index contributed by atoms with van der Waals surface area (Å²) in [6, 6.07) is 5.16. The van der Waals surface area contributed by atoms with Crippen LogP contribution in [0.5, 0.6) is 0 Å². The van der Waals surface area contributed by atoms with Gasteiger partial charge in [0.25, 0.3) is 5.91 Å². The van der Waals surface area contributed by atoms with Gasteiger partial charge in [-0.3, -0.25) is 14.9 Å². The summed E-state index contributed by atoms with van der Waals surface area (Å²) < 4.78 is 29.2. The summed E-state index contributed by atoms with van der Waals surface area (Å²) in [6.07, 6.45) is -1.69. The van der Waals surface area contributed by atoms with Gasteiger partial charge in [0.15, 0.2) is 15.9 Å². The zero-order chi connectivity index (χ0) is 19.0. The Morgan fingerprint density at radius 3 is 2.48 bits per heavy atom. The molecule has 0 aliphatic heterocycles. The lowest BCUT2D eigenvalue weighted by molar-refractivity contribution is -0.154. The molecule has 0 saturated carbocycles. The molecule has 0 fully saturated rings. The van der Waals surface area contributed by atoms with E-state index >= 15 is 0 Å². The van der Waals surface area contributed by atoms with Crippen LogP contribution in [0.15, 0.2) is 29.2 Å². The molecule has 1 aromatic rings. The Hall–Kier alpha value is -2.13. The Labute approximate surface area is 150 Å². The molecule has 0 heterocycles. The van der Waals surface area contributed by atoms with Crippen molar-refractivity contribution in [2.24, 2.45) is 0 Å². The van der Waals surface area contributed by atoms with Crippen LogP contribution in [-0.4, -0.2) is 44.7 Å². The molecule has 0 spiro atoms. The lowest BCUT2D eigenvalue weighted by Crippen LogP contribution is -2.44. The zero-order valence-electron chi connectivity index (χ0n) is 13.7. The molecule has 25 heavy (non-hydrogen) atoms. The van der Waals surface area contributed by atoms with Crippen molar-refractivity contribution in [3.8, 4) is 0 Å². The van der Waals surface area contributed by atoms with Gasteiger partial charge in [-0.25, -0.2) is 13.2 Å². The van der Waals surface area contributed by atoms with Crippen molar-refractivity contribution in [3.63, 3.8) is 0 Å². The number of esters is 1. The zero-order valence-corrected chi connectivity index (χ0v) is 15.3. The maximum Gasteiger partial charge on any atom is 0.321 e. The standard InChI is InChI=1S/C15H19ClN2O6S/c1-3-17-15(21)18-14(20)10(2)24-13(19)8-9-25(22,23)12-7-5-4-6-11(12)16/h4-7,10H,3,8-9H2,1-2H3,(H2,17,18,20,21). The van der Waals surface area contributed by atoms with E-state index in [-0.39, 0.29) is 9.92 Å². The molecule has 0 bridgehead atoms. The second-order valence-electron chi connectivity index (χ2n) is 4.98. The highest BCUT2D eigenvalue weighted by atomic mass is 35.5. The van der Waals surface area contributed by atoms with Gasteiger partial charge >= 0.3 is 12.0 Å². The third-order valence-corrected chi connectivity index (χ3v) is 5.21. The number of ether oxygens (including phenoxy) is 1. The van der Waals surface area contributed by atoms with Gasteiger partial charge in [0.05, 0.1) is 22.1 Å². The number of urea groups is 1. The lowest BCUT2D eigenvalue weighted by atomic mass is 10.3. The molecule has 8 nitrogen and oxygen atoms in total. The van der Waals surface area contributed by atoms with E-state index < -0.39 is 46.0 Å². The third kappa shape index (κ3) is 6.71. The lowest BCUT2D eigenvalue weighted by Gasteiger charge is -2.13. The van der Waals surface area contributed by atoms with Crippen LogP contribution in [0.2, 0.25) is 5.02 Å². The summed E-state index contributed by atoms with van der Waals surface area (Å²) in [5.74, 6) is -2.21. The minimum atomic E-state index is -3.77. The second kappa shape index (κ2) is 9.38. The predicted molar refractivity (Wildman–Crippen MR) is 90.9 cm³/mol. The molecule has 1 aromatic carbocycles. The van der Waals surface area contributed by atoms with Crippen LogP contribution in [0, 0.1) is 0 Å². The van der Waals surface area contributed by atoms with Crippen LogP contribution in [0.1, 0.15) is 20.3 Å². The number of imide groups is 1. The Kier molecular flexibility index (Phi) is 7.85. The number of carbonyl (C=O) groups excluding carboxylic acids is 3.